The highest BCUT2D eigenvalue weighted by molar-refractivity contribution is 5.78. The summed E-state index contributed by atoms with van der Waals surface area (Å²) in [6.45, 7) is 7.44. The molecule has 1 amide bonds. The molecular formula is C47H60N6O8. The summed E-state index contributed by atoms with van der Waals surface area (Å²) in [4.78, 5) is 36.6. The number of carbonyl (C=O) groups excluding carboxylic acids is 2. The van der Waals surface area contributed by atoms with E-state index in [1.807, 2.05) is 55.7 Å². The Labute approximate surface area is 358 Å². The van der Waals surface area contributed by atoms with Gasteiger partial charge in [0.25, 0.3) is 6.02 Å². The van der Waals surface area contributed by atoms with Gasteiger partial charge in [-0.15, -0.1) is 0 Å². The number of rotatable bonds is 7. The third-order valence-electron chi connectivity index (χ3n) is 12.1. The molecule has 4 aromatic rings. The number of aliphatic hydroxyl groups excluding tert-OH is 1. The number of aryl methyl sites for hydroxylation is 2. The van der Waals surface area contributed by atoms with Crippen molar-refractivity contribution in [3.05, 3.63) is 101 Å². The van der Waals surface area contributed by atoms with Gasteiger partial charge in [0, 0.05) is 47.5 Å². The van der Waals surface area contributed by atoms with E-state index in [-0.39, 0.29) is 24.3 Å². The highest BCUT2D eigenvalue weighted by Gasteiger charge is 2.46. The molecule has 4 aliphatic rings. The molecule has 2 heterocycles. The molecule has 14 nitrogen and oxygen atoms in total. The highest BCUT2D eigenvalue weighted by Crippen LogP contribution is 2.44. The van der Waals surface area contributed by atoms with Gasteiger partial charge in [-0.2, -0.15) is 0 Å². The lowest BCUT2D eigenvalue weighted by atomic mass is 9.73. The number of aliphatic hydroxyl groups is 1. The van der Waals surface area contributed by atoms with Crippen molar-refractivity contribution in [2.45, 2.75) is 114 Å². The van der Waals surface area contributed by atoms with Gasteiger partial charge in [-0.05, 0) is 119 Å². The number of alkyl carbamates (subject to hydrolysis) is 1. The predicted molar refractivity (Wildman–Crippen MR) is 233 cm³/mol. The summed E-state index contributed by atoms with van der Waals surface area (Å²) in [6.07, 6.45) is 12.1. The average Bonchev–Trinajstić information content (AvgIpc) is 3.52. The molecule has 0 radical (unpaired) electrons. The second kappa shape index (κ2) is 18.5. The SMILES string of the molecule is COc1ccc(-c2cncnc2)c2c1CC1(CC2)N=C(N)OC1C.COc1cccc2c1CC(C=O)(NC(=O)OC(C)(C)C)CC2.COc1cccc2c1CC(N)(CO)CC2. The molecule has 8 rings (SSSR count). The number of nitrogens with one attached hydrogen (secondary N) is 1. The zero-order valence-corrected chi connectivity index (χ0v) is 36.4. The van der Waals surface area contributed by atoms with Crippen LogP contribution in [0.1, 0.15) is 80.3 Å². The molecule has 3 aromatic carbocycles. The number of nitrogens with zero attached hydrogens (tertiary/aromatic N) is 3. The summed E-state index contributed by atoms with van der Waals surface area (Å²) in [5, 5.41) is 12.0. The summed E-state index contributed by atoms with van der Waals surface area (Å²) in [6, 6.07) is 16.3. The maximum Gasteiger partial charge on any atom is 0.408 e. The van der Waals surface area contributed by atoms with Gasteiger partial charge in [0.05, 0.1) is 27.9 Å². The number of hydrogen-bond donors (Lipinski definition) is 4. The minimum atomic E-state index is -0.941. The summed E-state index contributed by atoms with van der Waals surface area (Å²) in [5.74, 6) is 2.52. The zero-order valence-electron chi connectivity index (χ0n) is 36.4. The van der Waals surface area contributed by atoms with Crippen molar-refractivity contribution in [3.8, 4) is 28.4 Å². The Kier molecular flexibility index (Phi) is 13.6. The van der Waals surface area contributed by atoms with E-state index >= 15 is 0 Å². The van der Waals surface area contributed by atoms with Crippen LogP contribution in [0.5, 0.6) is 17.2 Å². The predicted octanol–water partition coefficient (Wildman–Crippen LogP) is 5.63. The number of aliphatic imine (C=N–C) groups is 1. The molecule has 0 fully saturated rings. The number of benzene rings is 3. The second-order valence-corrected chi connectivity index (χ2v) is 17.4. The normalized spacial score (nSPS) is 23.4. The molecule has 1 spiro atoms. The molecule has 6 N–H and O–H groups in total. The second-order valence-electron chi connectivity index (χ2n) is 17.4. The van der Waals surface area contributed by atoms with Gasteiger partial charge < -0.3 is 50.4 Å². The van der Waals surface area contributed by atoms with Crippen molar-refractivity contribution in [1.82, 2.24) is 15.3 Å². The van der Waals surface area contributed by atoms with Crippen LogP contribution in [0.15, 0.2) is 72.2 Å². The maximum atomic E-state index is 12.0. The summed E-state index contributed by atoms with van der Waals surface area (Å²) in [5.41, 5.74) is 18.8. The lowest BCUT2D eigenvalue weighted by Crippen LogP contribution is -2.54. The van der Waals surface area contributed by atoms with E-state index in [0.29, 0.717) is 25.7 Å². The number of fused-ring (bicyclic) bond motifs is 3. The molecule has 0 saturated carbocycles. The molecule has 3 aliphatic carbocycles. The molecular weight excluding hydrogens is 777 g/mol. The number of amidine groups is 1. The number of ether oxygens (including phenoxy) is 5. The summed E-state index contributed by atoms with van der Waals surface area (Å²) >= 11 is 0. The van der Waals surface area contributed by atoms with Gasteiger partial charge in [-0.1, -0.05) is 30.3 Å². The molecule has 1 aromatic heterocycles. The Morgan fingerprint density at radius 2 is 1.46 bits per heavy atom. The van der Waals surface area contributed by atoms with E-state index in [1.54, 1.807) is 48.4 Å². The number of hydrogen-bond acceptors (Lipinski definition) is 13. The topological polar surface area (TPSA) is 203 Å². The number of carbonyl (C=O) groups is 2. The van der Waals surface area contributed by atoms with Crippen LogP contribution in [-0.2, 0) is 52.8 Å². The first-order chi connectivity index (χ1) is 29.1. The van der Waals surface area contributed by atoms with Gasteiger partial charge in [-0.3, -0.25) is 0 Å². The van der Waals surface area contributed by atoms with Crippen LogP contribution in [0.25, 0.3) is 11.1 Å². The van der Waals surface area contributed by atoms with Gasteiger partial charge in [0.2, 0.25) is 0 Å². The van der Waals surface area contributed by atoms with E-state index in [1.165, 1.54) is 16.7 Å². The van der Waals surface area contributed by atoms with Crippen LogP contribution in [-0.4, -0.2) is 89.7 Å². The van der Waals surface area contributed by atoms with Gasteiger partial charge >= 0.3 is 6.09 Å². The summed E-state index contributed by atoms with van der Waals surface area (Å²) in [7, 11) is 4.98. The first-order valence-corrected chi connectivity index (χ1v) is 20.7. The van der Waals surface area contributed by atoms with E-state index in [4.69, 9.17) is 35.2 Å². The third kappa shape index (κ3) is 10.1. The van der Waals surface area contributed by atoms with Crippen LogP contribution in [0, 0.1) is 0 Å². The number of nitrogens with two attached hydrogens (primary N) is 2. The van der Waals surface area contributed by atoms with Crippen molar-refractivity contribution in [1.29, 1.82) is 0 Å². The molecule has 0 bridgehead atoms. The first kappa shape index (κ1) is 44.8. The zero-order chi connectivity index (χ0) is 44.0. The van der Waals surface area contributed by atoms with Crippen molar-refractivity contribution in [3.63, 3.8) is 0 Å². The van der Waals surface area contributed by atoms with Gasteiger partial charge in [0.1, 0.15) is 52.6 Å². The standard InChI is InChI=1S/C18H20N4O2.C17H23NO4.C12H17NO2/c1-11-18(22-17(19)24-11)6-5-14-13(12-8-20-10-21-9-12)3-4-16(23-2)15(14)7-18;1-16(2,3)22-15(20)18-17(11-19)9-8-12-6-5-7-14(21-4)13(12)10-17;1-15-11-4-2-3-9-5-6-12(13,8-14)7-10(9)11/h3-4,8-11H,5-7H2,1-2H3,(H2,19,22);5-7,11H,8-10H2,1-4H3,(H,18,20);2-4,14H,5-8,13H2,1H3. The third-order valence-corrected chi connectivity index (χ3v) is 12.1. The molecule has 4 atom stereocenters. The number of amides is 1. The molecule has 4 unspecified atom stereocenters. The lowest BCUT2D eigenvalue weighted by Gasteiger charge is -2.35. The van der Waals surface area contributed by atoms with Crippen LogP contribution in [0.4, 0.5) is 4.79 Å². The molecule has 326 valence electrons. The quantitative estimate of drug-likeness (QED) is 0.167. The highest BCUT2D eigenvalue weighted by atomic mass is 16.6. The van der Waals surface area contributed by atoms with Gasteiger partial charge in [0.15, 0.2) is 0 Å². The average molecular weight is 837 g/mol. The number of aromatic nitrogens is 2. The van der Waals surface area contributed by atoms with Crippen molar-refractivity contribution in [2.24, 2.45) is 16.5 Å². The van der Waals surface area contributed by atoms with Crippen molar-refractivity contribution in [2.75, 3.05) is 27.9 Å². The Hall–Kier alpha value is -5.73. The Morgan fingerprint density at radius 3 is 2.02 bits per heavy atom. The number of methoxy groups -OCH3 is 3. The van der Waals surface area contributed by atoms with Gasteiger partial charge in [-0.25, -0.2) is 19.8 Å². The fourth-order valence-electron chi connectivity index (χ4n) is 8.80. The minimum absolute atomic E-state index is 0.0286. The Morgan fingerprint density at radius 1 is 0.852 bits per heavy atom. The molecule has 14 heteroatoms. The van der Waals surface area contributed by atoms with Crippen LogP contribution in [0.3, 0.4) is 0 Å². The first-order valence-electron chi connectivity index (χ1n) is 20.7. The van der Waals surface area contributed by atoms with E-state index in [0.717, 1.165) is 83.5 Å². The smallest absolute Gasteiger partial charge is 0.408 e. The fourth-order valence-corrected chi connectivity index (χ4v) is 8.80. The Bertz CT molecular complexity index is 2200. The minimum Gasteiger partial charge on any atom is -0.496 e. The fraction of sp³-hybridized carbons (Fsp3) is 0.468. The van der Waals surface area contributed by atoms with Crippen LogP contribution >= 0.6 is 0 Å². The van der Waals surface area contributed by atoms with Crippen LogP contribution < -0.4 is 31.0 Å². The lowest BCUT2D eigenvalue weighted by molar-refractivity contribution is -0.113. The number of aldehydes is 1. The monoisotopic (exact) mass is 836 g/mol. The summed E-state index contributed by atoms with van der Waals surface area (Å²) < 4.78 is 27.2. The van der Waals surface area contributed by atoms with E-state index in [2.05, 4.69) is 32.4 Å². The van der Waals surface area contributed by atoms with Crippen molar-refractivity contribution < 1.29 is 38.4 Å². The molecule has 0 saturated heterocycles. The van der Waals surface area contributed by atoms with E-state index < -0.39 is 22.8 Å². The maximum absolute atomic E-state index is 12.0. The van der Waals surface area contributed by atoms with E-state index in [9.17, 15) is 14.7 Å². The molecule has 61 heavy (non-hydrogen) atoms. The van der Waals surface area contributed by atoms with Crippen LogP contribution in [0.2, 0.25) is 0 Å². The Balaban J connectivity index is 0.000000157. The molecule has 1 aliphatic heterocycles. The largest absolute Gasteiger partial charge is 0.496 e. The van der Waals surface area contributed by atoms with Crippen molar-refractivity contribution >= 4 is 18.4 Å².